The van der Waals surface area contributed by atoms with E-state index in [0.29, 0.717) is 13.0 Å². The molecule has 1 aliphatic rings. The minimum atomic E-state index is -0.410. The van der Waals surface area contributed by atoms with Crippen molar-refractivity contribution in [3.8, 4) is 0 Å². The predicted molar refractivity (Wildman–Crippen MR) is 44.1 cm³/mol. The van der Waals surface area contributed by atoms with Crippen LogP contribution in [-0.4, -0.2) is 22.4 Å². The fraction of sp³-hybridized carbons (Fsp3) is 1.00. The molecule has 0 saturated carbocycles. The molecule has 0 bridgehead atoms. The molecule has 0 spiro atoms. The van der Waals surface area contributed by atoms with E-state index in [1.54, 1.807) is 0 Å². The molecule has 1 fully saturated rings. The summed E-state index contributed by atoms with van der Waals surface area (Å²) in [6.07, 6.45) is 0.601. The zero-order chi connectivity index (χ0) is 7.78. The Labute approximate surface area is 75.6 Å². The highest BCUT2D eigenvalue weighted by atomic mass is 35.5. The van der Waals surface area contributed by atoms with Crippen molar-refractivity contribution < 1.29 is 4.74 Å². The van der Waals surface area contributed by atoms with E-state index in [1.165, 1.54) is 0 Å². The monoisotopic (exact) mass is 202 g/mol. The molecule has 0 aromatic carbocycles. The second-order valence-electron chi connectivity index (χ2n) is 2.69. The first-order valence-electron chi connectivity index (χ1n) is 3.11. The SMILES string of the molecule is CC1(Cl)CC(Cl)OCC1Cl. The van der Waals surface area contributed by atoms with E-state index in [0.717, 1.165) is 0 Å². The van der Waals surface area contributed by atoms with Crippen LogP contribution in [0.15, 0.2) is 0 Å². The topological polar surface area (TPSA) is 9.23 Å². The van der Waals surface area contributed by atoms with Gasteiger partial charge in [0.2, 0.25) is 0 Å². The molecular formula is C6H9Cl3O. The number of rotatable bonds is 0. The summed E-state index contributed by atoms with van der Waals surface area (Å²) < 4.78 is 5.07. The van der Waals surface area contributed by atoms with Crippen LogP contribution in [0.2, 0.25) is 0 Å². The van der Waals surface area contributed by atoms with Gasteiger partial charge in [-0.3, -0.25) is 0 Å². The normalized spacial score (nSPS) is 49.2. The Morgan fingerprint density at radius 3 is 2.50 bits per heavy atom. The van der Waals surface area contributed by atoms with Gasteiger partial charge in [0.15, 0.2) is 0 Å². The van der Waals surface area contributed by atoms with Crippen LogP contribution >= 0.6 is 34.8 Å². The molecular weight excluding hydrogens is 194 g/mol. The third-order valence-electron chi connectivity index (χ3n) is 1.64. The standard InChI is InChI=1S/C6H9Cl3O/c1-6(9)2-5(8)10-3-4(6)7/h4-5H,2-3H2,1H3. The van der Waals surface area contributed by atoms with Crippen LogP contribution in [0.4, 0.5) is 0 Å². The number of hydrogen-bond donors (Lipinski definition) is 0. The molecule has 0 aromatic rings. The van der Waals surface area contributed by atoms with Gasteiger partial charge in [-0.25, -0.2) is 0 Å². The molecule has 1 heterocycles. The lowest BCUT2D eigenvalue weighted by Gasteiger charge is -2.34. The average molecular weight is 203 g/mol. The lowest BCUT2D eigenvalue weighted by molar-refractivity contribution is 0.0550. The minimum absolute atomic E-state index is 0.135. The van der Waals surface area contributed by atoms with Gasteiger partial charge in [-0.1, -0.05) is 11.6 Å². The lowest BCUT2D eigenvalue weighted by Crippen LogP contribution is -2.41. The molecule has 0 radical (unpaired) electrons. The Kier molecular flexibility index (Phi) is 2.73. The average Bonchev–Trinajstić information content (AvgIpc) is 1.78. The second kappa shape index (κ2) is 3.06. The number of halogens is 3. The van der Waals surface area contributed by atoms with Crippen LogP contribution in [0.3, 0.4) is 0 Å². The van der Waals surface area contributed by atoms with Crippen molar-refractivity contribution in [2.75, 3.05) is 6.61 Å². The van der Waals surface area contributed by atoms with Crippen molar-refractivity contribution in [2.24, 2.45) is 0 Å². The molecule has 4 heteroatoms. The van der Waals surface area contributed by atoms with E-state index >= 15 is 0 Å². The summed E-state index contributed by atoms with van der Waals surface area (Å²) in [4.78, 5) is -0.410. The Bertz CT molecular complexity index is 126. The molecule has 1 saturated heterocycles. The quantitative estimate of drug-likeness (QED) is 0.550. The number of ether oxygens (including phenoxy) is 1. The maximum atomic E-state index is 6.02. The van der Waals surface area contributed by atoms with Gasteiger partial charge in [0, 0.05) is 6.42 Å². The van der Waals surface area contributed by atoms with Gasteiger partial charge in [0.25, 0.3) is 0 Å². The molecule has 1 nitrogen and oxygen atoms in total. The Hall–Kier alpha value is 0.830. The minimum Gasteiger partial charge on any atom is -0.361 e. The van der Waals surface area contributed by atoms with Crippen molar-refractivity contribution in [1.82, 2.24) is 0 Å². The molecule has 1 aliphatic heterocycles. The summed E-state index contributed by atoms with van der Waals surface area (Å²) in [6.45, 7) is 2.32. The van der Waals surface area contributed by atoms with E-state index in [1.807, 2.05) is 6.92 Å². The predicted octanol–water partition coefficient (Wildman–Crippen LogP) is 2.58. The fourth-order valence-corrected chi connectivity index (χ4v) is 1.70. The lowest BCUT2D eigenvalue weighted by atomic mass is 10.0. The first kappa shape index (κ1) is 8.92. The molecule has 0 amide bonds. The molecule has 3 unspecified atom stereocenters. The summed E-state index contributed by atoms with van der Waals surface area (Å²) >= 11 is 17.6. The van der Waals surface area contributed by atoms with Gasteiger partial charge in [-0.05, 0) is 6.92 Å². The van der Waals surface area contributed by atoms with Crippen molar-refractivity contribution in [2.45, 2.75) is 29.2 Å². The van der Waals surface area contributed by atoms with Crippen molar-refractivity contribution in [1.29, 1.82) is 0 Å². The highest BCUT2D eigenvalue weighted by molar-refractivity contribution is 6.33. The highest BCUT2D eigenvalue weighted by Crippen LogP contribution is 2.35. The van der Waals surface area contributed by atoms with Crippen molar-refractivity contribution >= 4 is 34.8 Å². The van der Waals surface area contributed by atoms with E-state index in [9.17, 15) is 0 Å². The van der Waals surface area contributed by atoms with Gasteiger partial charge in [-0.15, -0.1) is 23.2 Å². The van der Waals surface area contributed by atoms with Gasteiger partial charge < -0.3 is 4.74 Å². The van der Waals surface area contributed by atoms with E-state index in [-0.39, 0.29) is 10.9 Å². The molecule has 0 aromatic heterocycles. The Morgan fingerprint density at radius 2 is 2.10 bits per heavy atom. The summed E-state index contributed by atoms with van der Waals surface area (Å²) in [5.74, 6) is 0. The van der Waals surface area contributed by atoms with E-state index in [2.05, 4.69) is 0 Å². The summed E-state index contributed by atoms with van der Waals surface area (Å²) in [5, 5.41) is -0.135. The van der Waals surface area contributed by atoms with Crippen LogP contribution in [0.25, 0.3) is 0 Å². The molecule has 0 aliphatic carbocycles. The van der Waals surface area contributed by atoms with E-state index in [4.69, 9.17) is 39.5 Å². The zero-order valence-corrected chi connectivity index (χ0v) is 7.88. The third kappa shape index (κ3) is 1.91. The Morgan fingerprint density at radius 1 is 1.50 bits per heavy atom. The maximum Gasteiger partial charge on any atom is 0.132 e. The first-order valence-corrected chi connectivity index (χ1v) is 4.36. The molecule has 60 valence electrons. The smallest absolute Gasteiger partial charge is 0.132 e. The molecule has 10 heavy (non-hydrogen) atoms. The van der Waals surface area contributed by atoms with Crippen LogP contribution in [0, 0.1) is 0 Å². The van der Waals surface area contributed by atoms with Crippen molar-refractivity contribution in [3.63, 3.8) is 0 Å². The summed E-state index contributed by atoms with van der Waals surface area (Å²) in [7, 11) is 0. The number of hydrogen-bond acceptors (Lipinski definition) is 1. The molecule has 3 atom stereocenters. The molecule has 1 rings (SSSR count). The summed E-state index contributed by atoms with van der Waals surface area (Å²) in [5.41, 5.74) is -0.280. The molecule has 0 N–H and O–H groups in total. The summed E-state index contributed by atoms with van der Waals surface area (Å²) in [6, 6.07) is 0. The Balaban J connectivity index is 2.55. The maximum absolute atomic E-state index is 6.02. The fourth-order valence-electron chi connectivity index (χ4n) is 0.863. The van der Waals surface area contributed by atoms with Gasteiger partial charge in [0.1, 0.15) is 5.56 Å². The van der Waals surface area contributed by atoms with Gasteiger partial charge in [0.05, 0.1) is 16.9 Å². The highest BCUT2D eigenvalue weighted by Gasteiger charge is 2.37. The van der Waals surface area contributed by atoms with Gasteiger partial charge in [-0.2, -0.15) is 0 Å². The number of alkyl halides is 3. The van der Waals surface area contributed by atoms with Crippen molar-refractivity contribution in [3.05, 3.63) is 0 Å². The second-order valence-corrected chi connectivity index (χ2v) is 4.57. The van der Waals surface area contributed by atoms with Crippen LogP contribution in [-0.2, 0) is 4.74 Å². The third-order valence-corrected chi connectivity index (χ3v) is 3.05. The van der Waals surface area contributed by atoms with Crippen LogP contribution in [0.1, 0.15) is 13.3 Å². The zero-order valence-electron chi connectivity index (χ0n) is 5.61. The van der Waals surface area contributed by atoms with Crippen LogP contribution in [0.5, 0.6) is 0 Å². The van der Waals surface area contributed by atoms with E-state index < -0.39 is 4.87 Å². The van der Waals surface area contributed by atoms with Crippen LogP contribution < -0.4 is 0 Å². The largest absolute Gasteiger partial charge is 0.361 e. The van der Waals surface area contributed by atoms with Gasteiger partial charge >= 0.3 is 0 Å². The first-order chi connectivity index (χ1) is 4.52.